The quantitative estimate of drug-likeness (QED) is 0.623. The van der Waals surface area contributed by atoms with Gasteiger partial charge < -0.3 is 5.32 Å². The van der Waals surface area contributed by atoms with E-state index in [0.29, 0.717) is 6.92 Å². The Balaban J connectivity index is 1.71. The van der Waals surface area contributed by atoms with Crippen LogP contribution in [0.3, 0.4) is 0 Å². The minimum Gasteiger partial charge on any atom is -0.321 e. The topological polar surface area (TPSA) is 120 Å². The van der Waals surface area contributed by atoms with Crippen LogP contribution < -0.4 is 10.5 Å². The summed E-state index contributed by atoms with van der Waals surface area (Å²) >= 11 is 0. The Hall–Kier alpha value is -2.54. The van der Waals surface area contributed by atoms with Gasteiger partial charge in [0, 0.05) is 36.9 Å². The molecule has 3 saturated carbocycles. The molecule has 174 valence electrons. The number of alkyl halides is 4. The summed E-state index contributed by atoms with van der Waals surface area (Å²) in [5.74, 6) is -7.40. The number of halogens is 4. The van der Waals surface area contributed by atoms with Crippen molar-refractivity contribution in [2.75, 3.05) is 5.32 Å². The Bertz CT molecular complexity index is 1200. The summed E-state index contributed by atoms with van der Waals surface area (Å²) in [4.78, 5) is 16.6. The molecule has 0 aliphatic heterocycles. The lowest BCUT2D eigenvalue weighted by Crippen LogP contribution is -2.43. The van der Waals surface area contributed by atoms with Gasteiger partial charge in [-0.3, -0.25) is 9.48 Å². The van der Waals surface area contributed by atoms with Crippen LogP contribution in [0.2, 0.25) is 0 Å². The van der Waals surface area contributed by atoms with Crippen LogP contribution in [0.5, 0.6) is 0 Å². The summed E-state index contributed by atoms with van der Waals surface area (Å²) in [6, 6.07) is 2.28. The number of anilines is 1. The predicted octanol–water partition coefficient (Wildman–Crippen LogP) is 3.03. The van der Waals surface area contributed by atoms with Gasteiger partial charge in [0.1, 0.15) is 11.4 Å². The van der Waals surface area contributed by atoms with E-state index < -0.39 is 43.9 Å². The lowest BCUT2D eigenvalue weighted by atomic mass is 9.68. The number of amides is 1. The van der Waals surface area contributed by atoms with Crippen molar-refractivity contribution in [1.82, 2.24) is 14.8 Å². The molecule has 0 saturated heterocycles. The summed E-state index contributed by atoms with van der Waals surface area (Å²) in [5, 5.41) is 10.8. The lowest BCUT2D eigenvalue weighted by Gasteiger charge is -2.40. The second-order valence-corrected chi connectivity index (χ2v) is 10.2. The van der Waals surface area contributed by atoms with Crippen molar-refractivity contribution in [3.05, 3.63) is 35.3 Å². The van der Waals surface area contributed by atoms with Crippen molar-refractivity contribution in [3.63, 3.8) is 0 Å². The monoisotopic (exact) mass is 475 g/mol. The van der Waals surface area contributed by atoms with Crippen molar-refractivity contribution in [2.45, 2.75) is 56.5 Å². The predicted molar refractivity (Wildman–Crippen MR) is 105 cm³/mol. The number of fused-ring (bicyclic) bond motifs is 1. The molecule has 0 atom stereocenters. The largest absolute Gasteiger partial charge is 0.321 e. The molecule has 2 heterocycles. The van der Waals surface area contributed by atoms with Gasteiger partial charge >= 0.3 is 0 Å². The van der Waals surface area contributed by atoms with Crippen molar-refractivity contribution < 1.29 is 30.8 Å². The van der Waals surface area contributed by atoms with Crippen LogP contribution in [0.25, 0.3) is 0 Å². The highest BCUT2D eigenvalue weighted by Crippen LogP contribution is 2.67. The lowest BCUT2D eigenvalue weighted by molar-refractivity contribution is -0.111. The van der Waals surface area contributed by atoms with Crippen molar-refractivity contribution in [2.24, 2.45) is 16.5 Å². The third-order valence-corrected chi connectivity index (χ3v) is 7.04. The highest BCUT2D eigenvalue weighted by atomic mass is 32.2. The van der Waals surface area contributed by atoms with Crippen LogP contribution in [-0.4, -0.2) is 35.0 Å². The smallest absolute Gasteiger partial charge is 0.289 e. The first-order valence-electron chi connectivity index (χ1n) is 9.77. The van der Waals surface area contributed by atoms with E-state index in [2.05, 4.69) is 15.4 Å². The fraction of sp³-hybridized carbons (Fsp3) is 0.526. The van der Waals surface area contributed by atoms with Gasteiger partial charge in [0.25, 0.3) is 27.8 Å². The van der Waals surface area contributed by atoms with Crippen molar-refractivity contribution in [3.8, 4) is 0 Å². The van der Waals surface area contributed by atoms with E-state index in [4.69, 9.17) is 5.14 Å². The Morgan fingerprint density at radius 2 is 2.00 bits per heavy atom. The summed E-state index contributed by atoms with van der Waals surface area (Å²) in [6.45, 7) is 1.49. The SMILES string of the molecule is Cc1c(C(C)(F)F)nn(CC23CC(CC2(F)F)C3)c1C(=O)Nc1ccnc(S(N)(=O)=O)c1. The zero-order valence-corrected chi connectivity index (χ0v) is 18.0. The number of hydrogen-bond acceptors (Lipinski definition) is 5. The van der Waals surface area contributed by atoms with E-state index in [9.17, 15) is 30.8 Å². The molecule has 0 spiro atoms. The van der Waals surface area contributed by atoms with Gasteiger partial charge in [0.05, 0.1) is 12.0 Å². The maximum atomic E-state index is 14.5. The van der Waals surface area contributed by atoms with Gasteiger partial charge in [-0.05, 0) is 31.7 Å². The number of primary sulfonamides is 1. The molecule has 2 bridgehead atoms. The van der Waals surface area contributed by atoms with E-state index in [-0.39, 0.29) is 48.7 Å². The maximum Gasteiger partial charge on any atom is 0.289 e. The fourth-order valence-corrected chi connectivity index (χ4v) is 5.30. The Kier molecular flexibility index (Phi) is 4.94. The summed E-state index contributed by atoms with van der Waals surface area (Å²) in [5.41, 5.74) is -2.57. The van der Waals surface area contributed by atoms with Crippen LogP contribution in [0.4, 0.5) is 23.2 Å². The maximum absolute atomic E-state index is 14.5. The normalized spacial score (nSPS) is 24.3. The van der Waals surface area contributed by atoms with Crippen molar-refractivity contribution in [1.29, 1.82) is 0 Å². The van der Waals surface area contributed by atoms with Gasteiger partial charge in [-0.2, -0.15) is 13.9 Å². The number of nitrogens with one attached hydrogen (secondary N) is 1. The van der Waals surface area contributed by atoms with Gasteiger partial charge in [0.15, 0.2) is 5.03 Å². The number of carbonyl (C=O) groups is 1. The van der Waals surface area contributed by atoms with Gasteiger partial charge in [0.2, 0.25) is 0 Å². The number of nitrogens with two attached hydrogens (primary N) is 1. The molecule has 3 aliphatic carbocycles. The zero-order chi connectivity index (χ0) is 23.7. The van der Waals surface area contributed by atoms with Crippen LogP contribution in [0, 0.1) is 18.3 Å². The van der Waals surface area contributed by atoms with E-state index in [0.717, 1.165) is 16.9 Å². The number of aromatic nitrogens is 3. The molecule has 3 N–H and O–H groups in total. The van der Waals surface area contributed by atoms with Crippen LogP contribution in [0.1, 0.15) is 47.9 Å². The Morgan fingerprint density at radius 1 is 1.34 bits per heavy atom. The Labute approximate surface area is 181 Å². The molecule has 3 aliphatic rings. The highest BCUT2D eigenvalue weighted by Gasteiger charge is 2.68. The first-order chi connectivity index (χ1) is 14.6. The molecule has 8 nitrogen and oxygen atoms in total. The second kappa shape index (κ2) is 6.98. The highest BCUT2D eigenvalue weighted by molar-refractivity contribution is 7.89. The van der Waals surface area contributed by atoms with Crippen LogP contribution in [-0.2, 0) is 22.5 Å². The number of sulfonamides is 1. The zero-order valence-electron chi connectivity index (χ0n) is 17.2. The van der Waals surface area contributed by atoms with Crippen molar-refractivity contribution >= 4 is 21.6 Å². The molecule has 0 unspecified atom stereocenters. The first kappa shape index (κ1) is 22.6. The molecule has 0 aromatic carbocycles. The molecule has 1 amide bonds. The third kappa shape index (κ3) is 3.66. The number of rotatable bonds is 6. The number of nitrogens with zero attached hydrogens (tertiary/aromatic N) is 3. The minimum atomic E-state index is -4.15. The third-order valence-electron chi connectivity index (χ3n) is 6.24. The molecular weight excluding hydrogens is 454 g/mol. The molecule has 0 radical (unpaired) electrons. The second-order valence-electron chi connectivity index (χ2n) is 8.71. The molecule has 3 fully saturated rings. The molecule has 5 rings (SSSR count). The first-order valence-corrected chi connectivity index (χ1v) is 11.3. The molecule has 2 aromatic heterocycles. The summed E-state index contributed by atoms with van der Waals surface area (Å²) < 4.78 is 81.2. The summed E-state index contributed by atoms with van der Waals surface area (Å²) in [7, 11) is -4.15. The minimum absolute atomic E-state index is 0.0148. The summed E-state index contributed by atoms with van der Waals surface area (Å²) in [6.07, 6.45) is 1.30. The van der Waals surface area contributed by atoms with Crippen LogP contribution >= 0.6 is 0 Å². The molecule has 2 aromatic rings. The number of carbonyl (C=O) groups excluding carboxylic acids is 1. The van der Waals surface area contributed by atoms with E-state index >= 15 is 0 Å². The molecular formula is C19H21F4N5O3S. The standard InChI is InChI=1S/C19H21F4N5O3S/c1-10-14(16(29)26-12-3-4-25-13(5-12)32(24,30)31)28(27-15(10)17(2,20)21)9-18-6-11(7-18)8-19(18,22)23/h3-5,11H,6-9H2,1-2H3,(H2,24,30,31)(H,25,26,29). The van der Waals surface area contributed by atoms with Crippen LogP contribution in [0.15, 0.2) is 23.4 Å². The average Bonchev–Trinajstić information content (AvgIpc) is 3.16. The van der Waals surface area contributed by atoms with Gasteiger partial charge in [-0.15, -0.1) is 0 Å². The number of pyridine rings is 1. The van der Waals surface area contributed by atoms with Gasteiger partial charge in [-0.25, -0.2) is 27.3 Å². The Morgan fingerprint density at radius 3 is 2.53 bits per heavy atom. The fourth-order valence-electron chi connectivity index (χ4n) is 4.80. The van der Waals surface area contributed by atoms with E-state index in [1.54, 1.807) is 0 Å². The van der Waals surface area contributed by atoms with E-state index in [1.807, 2.05) is 0 Å². The van der Waals surface area contributed by atoms with E-state index in [1.165, 1.54) is 13.0 Å². The average molecular weight is 475 g/mol. The molecule has 13 heteroatoms. The molecule has 32 heavy (non-hydrogen) atoms. The van der Waals surface area contributed by atoms with Gasteiger partial charge in [-0.1, -0.05) is 0 Å². The number of hydrogen-bond donors (Lipinski definition) is 2.